The van der Waals surface area contributed by atoms with Crippen molar-refractivity contribution in [3.63, 3.8) is 0 Å². The molecule has 1 aliphatic rings. The summed E-state index contributed by atoms with van der Waals surface area (Å²) in [5, 5.41) is 13.1. The van der Waals surface area contributed by atoms with Gasteiger partial charge >= 0.3 is 0 Å². The molecule has 4 heteroatoms. The van der Waals surface area contributed by atoms with Gasteiger partial charge in [-0.05, 0) is 49.3 Å². The molecule has 21 heavy (non-hydrogen) atoms. The molecule has 1 aliphatic carbocycles. The smallest absolute Gasteiger partial charge is 0.225 e. The molecule has 0 spiro atoms. The van der Waals surface area contributed by atoms with E-state index in [4.69, 9.17) is 11.6 Å². The summed E-state index contributed by atoms with van der Waals surface area (Å²) in [5.74, 6) is 0.605. The Morgan fingerprint density at radius 3 is 2.52 bits per heavy atom. The number of amides is 1. The molecule has 1 saturated carbocycles. The molecule has 0 unspecified atom stereocenters. The van der Waals surface area contributed by atoms with Gasteiger partial charge in [-0.1, -0.05) is 37.1 Å². The Bertz CT molecular complexity index is 525. The molecular formula is C17H21ClN2O. The molecule has 1 N–H and O–H groups in total. The number of nitriles is 1. The van der Waals surface area contributed by atoms with Crippen LogP contribution in [0.25, 0.3) is 0 Å². The van der Waals surface area contributed by atoms with Gasteiger partial charge in [0.2, 0.25) is 5.91 Å². The molecule has 1 aromatic rings. The maximum atomic E-state index is 12.2. The molecule has 0 atom stereocenters. The Morgan fingerprint density at radius 1 is 1.38 bits per heavy atom. The van der Waals surface area contributed by atoms with Gasteiger partial charge in [-0.2, -0.15) is 5.26 Å². The first-order valence-electron chi connectivity index (χ1n) is 7.53. The number of nitrogens with zero attached hydrogens (tertiary/aromatic N) is 1. The molecule has 1 aromatic carbocycles. The van der Waals surface area contributed by atoms with E-state index in [1.807, 2.05) is 12.1 Å². The molecule has 0 aromatic heterocycles. The molecule has 3 nitrogen and oxygen atoms in total. The van der Waals surface area contributed by atoms with E-state index in [-0.39, 0.29) is 12.3 Å². The number of nitrogens with one attached hydrogen (secondary N) is 1. The van der Waals surface area contributed by atoms with Crippen LogP contribution in [0.1, 0.15) is 44.6 Å². The van der Waals surface area contributed by atoms with E-state index in [0.29, 0.717) is 10.9 Å². The van der Waals surface area contributed by atoms with Crippen LogP contribution >= 0.6 is 11.6 Å². The molecule has 2 rings (SSSR count). The van der Waals surface area contributed by atoms with Crippen LogP contribution in [0.4, 0.5) is 0 Å². The Kier molecular flexibility index (Phi) is 5.25. The van der Waals surface area contributed by atoms with Gasteiger partial charge < -0.3 is 5.32 Å². The Morgan fingerprint density at radius 2 is 2.00 bits per heavy atom. The summed E-state index contributed by atoms with van der Waals surface area (Å²) in [4.78, 5) is 12.2. The van der Waals surface area contributed by atoms with Crippen LogP contribution in [-0.2, 0) is 11.2 Å². The van der Waals surface area contributed by atoms with Crippen molar-refractivity contribution in [2.75, 3.05) is 0 Å². The highest BCUT2D eigenvalue weighted by Gasteiger charge is 2.36. The third-order valence-corrected chi connectivity index (χ3v) is 4.66. The van der Waals surface area contributed by atoms with Crippen molar-refractivity contribution in [2.45, 2.75) is 51.0 Å². The summed E-state index contributed by atoms with van der Waals surface area (Å²) in [5.41, 5.74) is 0.238. The second-order valence-corrected chi connectivity index (χ2v) is 6.33. The van der Waals surface area contributed by atoms with E-state index in [1.54, 1.807) is 12.1 Å². The Labute approximate surface area is 131 Å². The first kappa shape index (κ1) is 15.9. The van der Waals surface area contributed by atoms with Crippen molar-refractivity contribution >= 4 is 17.5 Å². The fourth-order valence-corrected chi connectivity index (χ4v) is 3.07. The van der Waals surface area contributed by atoms with E-state index in [0.717, 1.165) is 37.7 Å². The molecule has 112 valence electrons. The van der Waals surface area contributed by atoms with Crippen LogP contribution < -0.4 is 5.32 Å². The highest BCUT2D eigenvalue weighted by molar-refractivity contribution is 6.30. The van der Waals surface area contributed by atoms with Crippen molar-refractivity contribution in [1.82, 2.24) is 5.32 Å². The summed E-state index contributed by atoms with van der Waals surface area (Å²) in [6, 6.07) is 9.57. The van der Waals surface area contributed by atoms with Gasteiger partial charge in [-0.15, -0.1) is 0 Å². The number of carbonyl (C=O) groups is 1. The minimum Gasteiger partial charge on any atom is -0.338 e. The monoisotopic (exact) mass is 304 g/mol. The zero-order chi connectivity index (χ0) is 15.3. The predicted molar refractivity (Wildman–Crippen MR) is 83.9 cm³/mol. The normalized spacial score (nSPS) is 25.1. The van der Waals surface area contributed by atoms with Gasteiger partial charge in [0.1, 0.15) is 5.54 Å². The fourth-order valence-electron chi connectivity index (χ4n) is 2.94. The molecule has 1 amide bonds. The number of hydrogen-bond donors (Lipinski definition) is 1. The van der Waals surface area contributed by atoms with Crippen LogP contribution in [0.15, 0.2) is 24.3 Å². The highest BCUT2D eigenvalue weighted by Crippen LogP contribution is 2.33. The Hall–Kier alpha value is -1.53. The van der Waals surface area contributed by atoms with Crippen molar-refractivity contribution in [3.05, 3.63) is 34.9 Å². The number of rotatable bonds is 4. The lowest BCUT2D eigenvalue weighted by atomic mass is 9.76. The lowest BCUT2D eigenvalue weighted by Gasteiger charge is -2.35. The van der Waals surface area contributed by atoms with E-state index >= 15 is 0 Å². The maximum absolute atomic E-state index is 12.2. The van der Waals surface area contributed by atoms with E-state index < -0.39 is 5.54 Å². The van der Waals surface area contributed by atoms with Crippen LogP contribution in [0, 0.1) is 17.2 Å². The second-order valence-electron chi connectivity index (χ2n) is 5.90. The lowest BCUT2D eigenvalue weighted by molar-refractivity contribution is -0.122. The fraction of sp³-hybridized carbons (Fsp3) is 0.529. The van der Waals surface area contributed by atoms with Gasteiger partial charge in [0.25, 0.3) is 0 Å². The molecule has 0 saturated heterocycles. The largest absolute Gasteiger partial charge is 0.338 e. The summed E-state index contributed by atoms with van der Waals surface area (Å²) in [7, 11) is 0. The minimum absolute atomic E-state index is 0.0891. The average Bonchev–Trinajstić information content (AvgIpc) is 2.50. The van der Waals surface area contributed by atoms with Crippen molar-refractivity contribution in [2.24, 2.45) is 5.92 Å². The quantitative estimate of drug-likeness (QED) is 0.918. The molecule has 1 fully saturated rings. The van der Waals surface area contributed by atoms with Crippen LogP contribution in [0.5, 0.6) is 0 Å². The zero-order valence-electron chi connectivity index (χ0n) is 12.4. The third kappa shape index (κ3) is 4.22. The van der Waals surface area contributed by atoms with Crippen molar-refractivity contribution in [1.29, 1.82) is 5.26 Å². The predicted octanol–water partition coefficient (Wildman–Crippen LogP) is 3.86. The van der Waals surface area contributed by atoms with Gasteiger partial charge in [-0.3, -0.25) is 4.79 Å². The first-order chi connectivity index (χ1) is 10.1. The number of carbonyl (C=O) groups excluding carboxylic acids is 1. The SMILES string of the molecule is CCC1CCC(C#N)(NC(=O)Cc2ccc(Cl)cc2)CC1. The second kappa shape index (κ2) is 6.95. The molecule has 0 bridgehead atoms. The molecule has 0 heterocycles. The highest BCUT2D eigenvalue weighted by atomic mass is 35.5. The van der Waals surface area contributed by atoms with Crippen molar-refractivity contribution < 1.29 is 4.79 Å². The molecule has 0 aliphatic heterocycles. The average molecular weight is 305 g/mol. The topological polar surface area (TPSA) is 52.9 Å². The summed E-state index contributed by atoms with van der Waals surface area (Å²) < 4.78 is 0. The Balaban J connectivity index is 1.94. The third-order valence-electron chi connectivity index (χ3n) is 4.41. The van der Waals surface area contributed by atoms with Gasteiger partial charge in [0, 0.05) is 5.02 Å². The van der Waals surface area contributed by atoms with Gasteiger partial charge in [0.15, 0.2) is 0 Å². The standard InChI is InChI=1S/C17H21ClN2O/c1-2-13-7-9-17(12-19,10-8-13)20-16(21)11-14-3-5-15(18)6-4-14/h3-6,13H,2,7-11H2,1H3,(H,20,21). The molecule has 0 radical (unpaired) electrons. The molecular weight excluding hydrogens is 284 g/mol. The maximum Gasteiger partial charge on any atom is 0.225 e. The van der Waals surface area contributed by atoms with Crippen LogP contribution in [0.3, 0.4) is 0 Å². The summed E-state index contributed by atoms with van der Waals surface area (Å²) in [6.07, 6.45) is 5.00. The summed E-state index contributed by atoms with van der Waals surface area (Å²) in [6.45, 7) is 2.18. The number of benzene rings is 1. The number of halogens is 1. The van der Waals surface area contributed by atoms with Gasteiger partial charge in [-0.25, -0.2) is 0 Å². The van der Waals surface area contributed by atoms with Crippen LogP contribution in [0.2, 0.25) is 5.02 Å². The number of hydrogen-bond acceptors (Lipinski definition) is 2. The zero-order valence-corrected chi connectivity index (χ0v) is 13.1. The van der Waals surface area contributed by atoms with E-state index in [9.17, 15) is 10.1 Å². The lowest BCUT2D eigenvalue weighted by Crippen LogP contribution is -2.50. The van der Waals surface area contributed by atoms with Crippen LogP contribution in [-0.4, -0.2) is 11.4 Å². The van der Waals surface area contributed by atoms with Crippen molar-refractivity contribution in [3.8, 4) is 6.07 Å². The van der Waals surface area contributed by atoms with E-state index in [1.165, 1.54) is 0 Å². The van der Waals surface area contributed by atoms with E-state index in [2.05, 4.69) is 18.3 Å². The summed E-state index contributed by atoms with van der Waals surface area (Å²) >= 11 is 5.83. The first-order valence-corrected chi connectivity index (χ1v) is 7.91. The van der Waals surface area contributed by atoms with Gasteiger partial charge in [0.05, 0.1) is 12.5 Å². The minimum atomic E-state index is -0.671.